The van der Waals surface area contributed by atoms with Crippen LogP contribution in [-0.2, 0) is 15.5 Å². The van der Waals surface area contributed by atoms with Crippen LogP contribution in [0.15, 0.2) is 0 Å². The van der Waals surface area contributed by atoms with E-state index in [1.165, 1.54) is 0 Å². The molecule has 0 aliphatic heterocycles. The first-order valence-electron chi connectivity index (χ1n) is 0.756. The molecule has 0 heterocycles. The number of hydrogen-bond acceptors (Lipinski definition) is 0. The van der Waals surface area contributed by atoms with E-state index < -0.39 is 15.5 Å². The van der Waals surface area contributed by atoms with E-state index in [1.54, 1.807) is 0 Å². The second-order valence-electron chi connectivity index (χ2n) is 0.429. The SMILES string of the molecule is [Al+3].[Cl][Zr]([Cl])([Cl])[Cl]. The molecule has 32 valence electrons. The van der Waals surface area contributed by atoms with Gasteiger partial charge in [-0.15, -0.1) is 0 Å². The zero-order chi connectivity index (χ0) is 4.50. The molecular formula is AlCl4Zr+3. The van der Waals surface area contributed by atoms with Gasteiger partial charge in [0, 0.05) is 0 Å². The van der Waals surface area contributed by atoms with E-state index >= 15 is 0 Å². The molecule has 0 aromatic carbocycles. The molecule has 0 radical (unpaired) electrons. The van der Waals surface area contributed by atoms with Gasteiger partial charge in [-0.05, 0) is 0 Å². The predicted octanol–water partition coefficient (Wildman–Crippen LogP) is 2.37. The van der Waals surface area contributed by atoms with Gasteiger partial charge in [-0.25, -0.2) is 0 Å². The first-order chi connectivity index (χ1) is 2.00. The number of halogens is 4. The van der Waals surface area contributed by atoms with Gasteiger partial charge in [0.25, 0.3) is 0 Å². The second-order valence-corrected chi connectivity index (χ2v) is 22.8. The summed E-state index contributed by atoms with van der Waals surface area (Å²) in [7, 11) is 20.1. The van der Waals surface area contributed by atoms with Crippen LogP contribution in [-0.4, -0.2) is 17.4 Å². The maximum absolute atomic E-state index is 5.04. The third-order valence-electron chi connectivity index (χ3n) is 0. The summed E-state index contributed by atoms with van der Waals surface area (Å²) in [6, 6.07) is 0. The first-order valence-corrected chi connectivity index (χ1v) is 13.4. The van der Waals surface area contributed by atoms with Crippen molar-refractivity contribution in [2.45, 2.75) is 0 Å². The molecule has 0 aromatic rings. The first kappa shape index (κ1) is 11.4. The van der Waals surface area contributed by atoms with Gasteiger partial charge in [0.2, 0.25) is 0 Å². The molecule has 6 heavy (non-hydrogen) atoms. The molecule has 0 spiro atoms. The fourth-order valence-corrected chi connectivity index (χ4v) is 0. The Morgan fingerprint density at radius 2 is 0.833 bits per heavy atom. The van der Waals surface area contributed by atoms with Crippen molar-refractivity contribution in [2.75, 3.05) is 0 Å². The van der Waals surface area contributed by atoms with Crippen LogP contribution in [0.3, 0.4) is 0 Å². The van der Waals surface area contributed by atoms with Crippen LogP contribution >= 0.6 is 34.1 Å². The van der Waals surface area contributed by atoms with Crippen molar-refractivity contribution in [1.82, 2.24) is 0 Å². The molecule has 0 fully saturated rings. The molecule has 0 nitrogen and oxygen atoms in total. The van der Waals surface area contributed by atoms with Gasteiger partial charge in [-0.1, -0.05) is 0 Å². The van der Waals surface area contributed by atoms with E-state index in [9.17, 15) is 0 Å². The fourth-order valence-electron chi connectivity index (χ4n) is 0. The molecule has 0 atom stereocenters. The average molecular weight is 260 g/mol. The van der Waals surface area contributed by atoms with Crippen LogP contribution in [0, 0.1) is 0 Å². The molecule has 0 aliphatic rings. The van der Waals surface area contributed by atoms with Crippen molar-refractivity contribution in [1.29, 1.82) is 0 Å². The average Bonchev–Trinajstić information content (AvgIpc) is 0.722. The van der Waals surface area contributed by atoms with Crippen molar-refractivity contribution in [3.05, 3.63) is 0 Å². The van der Waals surface area contributed by atoms with E-state index in [0.29, 0.717) is 0 Å². The minimum atomic E-state index is -3.29. The third-order valence-corrected chi connectivity index (χ3v) is 0. The van der Waals surface area contributed by atoms with Crippen molar-refractivity contribution in [3.8, 4) is 0 Å². The number of rotatable bonds is 0. The molecule has 0 saturated heterocycles. The third kappa shape index (κ3) is 30.8. The van der Waals surface area contributed by atoms with E-state index in [1.807, 2.05) is 0 Å². The fraction of sp³-hybridized carbons (Fsp3) is 0. The van der Waals surface area contributed by atoms with Crippen molar-refractivity contribution >= 4 is 51.4 Å². The molecule has 0 amide bonds. The molecule has 0 N–H and O–H groups in total. The summed E-state index contributed by atoms with van der Waals surface area (Å²) in [5, 5.41) is 0. The normalized spacial score (nSPS) is 10.0. The van der Waals surface area contributed by atoms with E-state index in [-0.39, 0.29) is 17.4 Å². The molecule has 0 aromatic heterocycles. The number of hydrogen-bond donors (Lipinski definition) is 0. The van der Waals surface area contributed by atoms with E-state index in [2.05, 4.69) is 0 Å². The van der Waals surface area contributed by atoms with E-state index in [0.717, 1.165) is 0 Å². The minimum absolute atomic E-state index is 0. The Balaban J connectivity index is 0. The van der Waals surface area contributed by atoms with Gasteiger partial charge < -0.3 is 0 Å². The molecule has 0 unspecified atom stereocenters. The Labute approximate surface area is 65.8 Å². The zero-order valence-corrected chi connectivity index (χ0v) is 9.23. The summed E-state index contributed by atoms with van der Waals surface area (Å²) in [6.07, 6.45) is 0. The maximum atomic E-state index is 5.04. The van der Waals surface area contributed by atoms with Crippen molar-refractivity contribution < 1.29 is 15.5 Å². The quantitative estimate of drug-likeness (QED) is 0.586. The summed E-state index contributed by atoms with van der Waals surface area (Å²) in [4.78, 5) is 0. The summed E-state index contributed by atoms with van der Waals surface area (Å²) in [5.41, 5.74) is 0. The van der Waals surface area contributed by atoms with Crippen LogP contribution < -0.4 is 0 Å². The molecule has 0 rings (SSSR count). The topological polar surface area (TPSA) is 0 Å². The molecule has 0 aliphatic carbocycles. The van der Waals surface area contributed by atoms with Crippen molar-refractivity contribution in [2.24, 2.45) is 0 Å². The van der Waals surface area contributed by atoms with Gasteiger partial charge >= 0.3 is 66.9 Å². The Kier molecular flexibility index (Phi) is 8.45. The van der Waals surface area contributed by atoms with Crippen LogP contribution in [0.5, 0.6) is 0 Å². The summed E-state index contributed by atoms with van der Waals surface area (Å²) in [5.74, 6) is 0. The van der Waals surface area contributed by atoms with Gasteiger partial charge in [-0.3, -0.25) is 0 Å². The molecule has 0 bridgehead atoms. The Morgan fingerprint density at radius 3 is 0.833 bits per heavy atom. The van der Waals surface area contributed by atoms with Gasteiger partial charge in [-0.2, -0.15) is 0 Å². The summed E-state index contributed by atoms with van der Waals surface area (Å²) in [6.45, 7) is 0. The van der Waals surface area contributed by atoms with Crippen LogP contribution in [0.4, 0.5) is 0 Å². The summed E-state index contributed by atoms with van der Waals surface area (Å²) < 4.78 is 0. The predicted molar refractivity (Wildman–Crippen MR) is 29.2 cm³/mol. The van der Waals surface area contributed by atoms with Gasteiger partial charge in [0.1, 0.15) is 0 Å². The van der Waals surface area contributed by atoms with Crippen LogP contribution in [0.1, 0.15) is 0 Å². The Bertz CT molecular complexity index is 23.0. The standard InChI is InChI=1S/Al.4ClH.Zr/h;4*1H;/q+3;;;;;+4/p-4. The monoisotopic (exact) mass is 257 g/mol. The Hall–Kier alpha value is 2.58. The second kappa shape index (κ2) is 4.45. The van der Waals surface area contributed by atoms with Gasteiger partial charge in [0.05, 0.1) is 0 Å². The van der Waals surface area contributed by atoms with Gasteiger partial charge in [0.15, 0.2) is 0 Å². The van der Waals surface area contributed by atoms with Crippen LogP contribution in [0.25, 0.3) is 0 Å². The van der Waals surface area contributed by atoms with Crippen molar-refractivity contribution in [3.63, 3.8) is 0 Å². The molecular weight excluding hydrogens is 260 g/mol. The zero-order valence-electron chi connectivity index (χ0n) is 2.59. The Morgan fingerprint density at radius 1 is 0.833 bits per heavy atom. The molecule has 0 saturated carbocycles. The molecule has 6 heteroatoms. The van der Waals surface area contributed by atoms with E-state index in [4.69, 9.17) is 34.1 Å². The van der Waals surface area contributed by atoms with Crippen LogP contribution in [0.2, 0.25) is 0 Å². The summed E-state index contributed by atoms with van der Waals surface area (Å²) >= 11 is -3.29.